The largest absolute Gasteiger partial charge is 0.451 e. The van der Waals surface area contributed by atoms with Gasteiger partial charge in [0.25, 0.3) is 0 Å². The van der Waals surface area contributed by atoms with Crippen LogP contribution >= 0.6 is 11.6 Å². The van der Waals surface area contributed by atoms with Gasteiger partial charge in [0, 0.05) is 12.0 Å². The summed E-state index contributed by atoms with van der Waals surface area (Å²) in [6.45, 7) is 2.44. The number of benzene rings is 1. The Labute approximate surface area is 110 Å². The number of Topliss-reactive ketones (excluding diaryl/α,β-unsaturated/α-hetero) is 1. The topological polar surface area (TPSA) is 39.4 Å². The number of rotatable bonds is 2. The summed E-state index contributed by atoms with van der Waals surface area (Å²) in [7, 11) is 0. The zero-order valence-corrected chi connectivity index (χ0v) is 10.8. The minimum Gasteiger partial charge on any atom is -0.451 e. The third kappa shape index (κ3) is 1.74. The van der Waals surface area contributed by atoms with E-state index in [1.54, 1.807) is 12.1 Å². The van der Waals surface area contributed by atoms with E-state index in [-0.39, 0.29) is 5.78 Å². The van der Waals surface area contributed by atoms with Crippen LogP contribution in [0.1, 0.15) is 30.3 Å². The number of carbonyl (C=O) groups is 1. The number of carbonyl (C=O) groups excluding carboxylic acids is 1. The van der Waals surface area contributed by atoms with E-state index in [1.807, 2.05) is 19.1 Å². The van der Waals surface area contributed by atoms with Crippen LogP contribution in [-0.4, -0.2) is 18.0 Å². The quantitative estimate of drug-likeness (QED) is 0.774. The van der Waals surface area contributed by atoms with Gasteiger partial charge in [-0.3, -0.25) is 4.79 Å². The number of para-hydroxylation sites is 1. The second-order valence-corrected chi connectivity index (χ2v) is 5.19. The maximum Gasteiger partial charge on any atom is 0.229 e. The molecule has 1 aliphatic rings. The van der Waals surface area contributed by atoms with Crippen molar-refractivity contribution in [1.29, 1.82) is 0 Å². The Bertz CT molecular complexity index is 609. The number of ether oxygens (including phenoxy) is 1. The van der Waals surface area contributed by atoms with Crippen molar-refractivity contribution >= 4 is 28.4 Å². The number of hydrogen-bond acceptors (Lipinski definition) is 3. The van der Waals surface area contributed by atoms with Crippen molar-refractivity contribution in [2.75, 3.05) is 6.61 Å². The molecule has 1 unspecified atom stereocenters. The van der Waals surface area contributed by atoms with E-state index in [4.69, 9.17) is 20.8 Å². The van der Waals surface area contributed by atoms with Crippen LogP contribution < -0.4 is 0 Å². The highest BCUT2D eigenvalue weighted by Crippen LogP contribution is 2.33. The van der Waals surface area contributed by atoms with Crippen LogP contribution in [0, 0.1) is 0 Å². The zero-order chi connectivity index (χ0) is 12.8. The lowest BCUT2D eigenvalue weighted by Gasteiger charge is -2.19. The number of ketones is 1. The predicted octanol–water partition coefficient (Wildman–Crippen LogP) is 3.84. The van der Waals surface area contributed by atoms with Crippen molar-refractivity contribution in [2.45, 2.75) is 25.4 Å². The molecule has 0 aliphatic carbocycles. The van der Waals surface area contributed by atoms with Crippen LogP contribution in [0.4, 0.5) is 0 Å². The zero-order valence-electron chi connectivity index (χ0n) is 10.0. The van der Waals surface area contributed by atoms with Crippen molar-refractivity contribution in [3.05, 3.63) is 35.0 Å². The predicted molar refractivity (Wildman–Crippen MR) is 69.1 cm³/mol. The monoisotopic (exact) mass is 264 g/mol. The highest BCUT2D eigenvalue weighted by atomic mass is 35.5. The Balaban J connectivity index is 2.04. The second kappa shape index (κ2) is 4.11. The molecule has 2 aromatic rings. The normalized spacial score (nSPS) is 23.7. The number of halogens is 1. The van der Waals surface area contributed by atoms with Crippen molar-refractivity contribution in [3.63, 3.8) is 0 Å². The maximum absolute atomic E-state index is 12.4. The number of fused-ring (bicyclic) bond motifs is 1. The van der Waals surface area contributed by atoms with E-state index in [2.05, 4.69) is 0 Å². The fourth-order valence-electron chi connectivity index (χ4n) is 2.36. The summed E-state index contributed by atoms with van der Waals surface area (Å²) in [6, 6.07) is 7.19. The molecule has 4 heteroatoms. The standard InChI is InChI=1S/C14H13ClO3/c1-14(6-3-7-17-14)13(16)11-8-9-4-2-5-10(15)12(9)18-11/h2,4-5,8H,3,6-7H2,1H3. The fourth-order valence-corrected chi connectivity index (χ4v) is 2.58. The van der Waals surface area contributed by atoms with Gasteiger partial charge < -0.3 is 9.15 Å². The van der Waals surface area contributed by atoms with Gasteiger partial charge in [-0.25, -0.2) is 0 Å². The first kappa shape index (κ1) is 11.8. The van der Waals surface area contributed by atoms with Gasteiger partial charge in [-0.05, 0) is 31.9 Å². The molecule has 0 bridgehead atoms. The molecule has 0 saturated carbocycles. The lowest BCUT2D eigenvalue weighted by molar-refractivity contribution is 0.0192. The molecule has 1 aliphatic heterocycles. The van der Waals surface area contributed by atoms with Crippen molar-refractivity contribution in [3.8, 4) is 0 Å². The molecule has 18 heavy (non-hydrogen) atoms. The lowest BCUT2D eigenvalue weighted by atomic mass is 9.95. The molecule has 1 atom stereocenters. The average molecular weight is 265 g/mol. The van der Waals surface area contributed by atoms with Crippen LogP contribution in [0.15, 0.2) is 28.7 Å². The minimum atomic E-state index is -0.750. The molecule has 1 saturated heterocycles. The van der Waals surface area contributed by atoms with Gasteiger partial charge in [-0.1, -0.05) is 23.7 Å². The van der Waals surface area contributed by atoms with E-state index in [0.717, 1.165) is 18.2 Å². The Morgan fingerprint density at radius 2 is 2.28 bits per heavy atom. The first-order valence-corrected chi connectivity index (χ1v) is 6.35. The summed E-state index contributed by atoms with van der Waals surface area (Å²) < 4.78 is 11.1. The Kier molecular flexibility index (Phi) is 2.68. The number of hydrogen-bond donors (Lipinski definition) is 0. The van der Waals surface area contributed by atoms with Crippen LogP contribution in [-0.2, 0) is 4.74 Å². The van der Waals surface area contributed by atoms with Gasteiger partial charge in [0.1, 0.15) is 5.60 Å². The van der Waals surface area contributed by atoms with E-state index in [0.29, 0.717) is 23.0 Å². The van der Waals surface area contributed by atoms with E-state index < -0.39 is 5.60 Å². The van der Waals surface area contributed by atoms with Crippen LogP contribution in [0.5, 0.6) is 0 Å². The third-order valence-corrected chi connectivity index (χ3v) is 3.72. The molecular weight excluding hydrogens is 252 g/mol. The highest BCUT2D eigenvalue weighted by molar-refractivity contribution is 6.34. The summed E-state index contributed by atoms with van der Waals surface area (Å²) in [5.74, 6) is 0.217. The molecule has 1 aromatic carbocycles. The summed E-state index contributed by atoms with van der Waals surface area (Å²) >= 11 is 6.03. The molecule has 1 aromatic heterocycles. The first-order valence-electron chi connectivity index (χ1n) is 5.97. The Morgan fingerprint density at radius 1 is 1.44 bits per heavy atom. The Morgan fingerprint density at radius 3 is 2.94 bits per heavy atom. The van der Waals surface area contributed by atoms with Crippen LogP contribution in [0.25, 0.3) is 11.0 Å². The maximum atomic E-state index is 12.4. The molecule has 2 heterocycles. The molecule has 0 spiro atoms. The molecule has 3 nitrogen and oxygen atoms in total. The molecule has 3 rings (SSSR count). The van der Waals surface area contributed by atoms with Gasteiger partial charge in [0.15, 0.2) is 11.3 Å². The number of furan rings is 1. The lowest BCUT2D eigenvalue weighted by Crippen LogP contribution is -2.33. The third-order valence-electron chi connectivity index (χ3n) is 3.42. The van der Waals surface area contributed by atoms with Crippen molar-refractivity contribution < 1.29 is 13.9 Å². The molecule has 1 fully saturated rings. The fraction of sp³-hybridized carbons (Fsp3) is 0.357. The molecular formula is C14H13ClO3. The smallest absolute Gasteiger partial charge is 0.229 e. The molecule has 94 valence electrons. The van der Waals surface area contributed by atoms with E-state index in [1.165, 1.54) is 0 Å². The van der Waals surface area contributed by atoms with Gasteiger partial charge in [-0.15, -0.1) is 0 Å². The summed E-state index contributed by atoms with van der Waals surface area (Å²) in [6.07, 6.45) is 1.64. The van der Waals surface area contributed by atoms with E-state index >= 15 is 0 Å². The van der Waals surface area contributed by atoms with Crippen molar-refractivity contribution in [1.82, 2.24) is 0 Å². The second-order valence-electron chi connectivity index (χ2n) is 4.78. The van der Waals surface area contributed by atoms with Crippen molar-refractivity contribution in [2.24, 2.45) is 0 Å². The van der Waals surface area contributed by atoms with Crippen LogP contribution in [0.3, 0.4) is 0 Å². The first-order chi connectivity index (χ1) is 8.60. The summed E-state index contributed by atoms with van der Waals surface area (Å²) in [4.78, 5) is 12.4. The molecule has 0 amide bonds. The van der Waals surface area contributed by atoms with Gasteiger partial charge in [-0.2, -0.15) is 0 Å². The van der Waals surface area contributed by atoms with Crippen LogP contribution in [0.2, 0.25) is 5.02 Å². The summed E-state index contributed by atoms with van der Waals surface area (Å²) in [5, 5.41) is 1.36. The van der Waals surface area contributed by atoms with Gasteiger partial charge in [0.2, 0.25) is 5.78 Å². The highest BCUT2D eigenvalue weighted by Gasteiger charge is 2.40. The molecule has 0 N–H and O–H groups in total. The SMILES string of the molecule is CC1(C(=O)c2cc3cccc(Cl)c3o2)CCCO1. The van der Waals surface area contributed by atoms with Gasteiger partial charge >= 0.3 is 0 Å². The van der Waals surface area contributed by atoms with E-state index in [9.17, 15) is 4.79 Å². The molecule has 0 radical (unpaired) electrons. The minimum absolute atomic E-state index is 0.104. The summed E-state index contributed by atoms with van der Waals surface area (Å²) in [5.41, 5.74) is -0.190. The Hall–Kier alpha value is -1.32. The average Bonchev–Trinajstić information content (AvgIpc) is 2.96. The van der Waals surface area contributed by atoms with Gasteiger partial charge in [0.05, 0.1) is 5.02 Å².